The molecule has 42 valence electrons. The van der Waals surface area contributed by atoms with E-state index in [2.05, 4.69) is 0 Å². The largest absolute Gasteiger partial charge is 1.00 e. The van der Waals surface area contributed by atoms with E-state index in [1.807, 2.05) is 6.92 Å². The van der Waals surface area contributed by atoms with Crippen LogP contribution in [-0.2, 0) is 0 Å². The molecule has 0 aromatic carbocycles. The van der Waals surface area contributed by atoms with Crippen LogP contribution in [0.4, 0.5) is 0 Å². The molecule has 0 aromatic heterocycles. The van der Waals surface area contributed by atoms with Crippen molar-refractivity contribution in [2.75, 3.05) is 0 Å². The maximum absolute atomic E-state index is 10.6. The summed E-state index contributed by atoms with van der Waals surface area (Å²) in [6, 6.07) is 0. The van der Waals surface area contributed by atoms with Gasteiger partial charge in [-0.05, 0) is 6.92 Å². The first-order valence-corrected chi connectivity index (χ1v) is 2.40. The standard InChI is InChI=1S/C6H11O.Li/c1-4-5-6(2,3)7;/h4-5H,1-3H3;/q-1;+1/b5-4+;. The maximum atomic E-state index is 10.6. The van der Waals surface area contributed by atoms with Crippen molar-refractivity contribution in [2.24, 2.45) is 0 Å². The quantitative estimate of drug-likeness (QED) is 0.272. The van der Waals surface area contributed by atoms with Gasteiger partial charge in [0, 0.05) is 0 Å². The second-order valence-electron chi connectivity index (χ2n) is 2.10. The predicted molar refractivity (Wildman–Crippen MR) is 28.9 cm³/mol. The van der Waals surface area contributed by atoms with Crippen LogP contribution in [0.2, 0.25) is 0 Å². The van der Waals surface area contributed by atoms with Gasteiger partial charge in [0.05, 0.1) is 0 Å². The van der Waals surface area contributed by atoms with Crippen molar-refractivity contribution in [3.8, 4) is 0 Å². The van der Waals surface area contributed by atoms with Crippen LogP contribution in [-0.4, -0.2) is 5.60 Å². The zero-order valence-electron chi connectivity index (χ0n) is 6.06. The van der Waals surface area contributed by atoms with Crippen molar-refractivity contribution in [2.45, 2.75) is 26.4 Å². The molecule has 0 rings (SSSR count). The van der Waals surface area contributed by atoms with E-state index in [9.17, 15) is 5.11 Å². The van der Waals surface area contributed by atoms with E-state index < -0.39 is 5.60 Å². The monoisotopic (exact) mass is 106 g/mol. The molecule has 0 aliphatic carbocycles. The van der Waals surface area contributed by atoms with Gasteiger partial charge < -0.3 is 5.11 Å². The Hall–Kier alpha value is 0.297. The fourth-order valence-electron chi connectivity index (χ4n) is 0.401. The molecule has 0 atom stereocenters. The van der Waals surface area contributed by atoms with Crippen molar-refractivity contribution < 1.29 is 24.0 Å². The molecule has 0 unspecified atom stereocenters. The molecule has 0 saturated carbocycles. The summed E-state index contributed by atoms with van der Waals surface area (Å²) in [5.41, 5.74) is -0.880. The number of allylic oxidation sites excluding steroid dienone is 1. The van der Waals surface area contributed by atoms with E-state index in [0.29, 0.717) is 0 Å². The Morgan fingerprint density at radius 3 is 1.75 bits per heavy atom. The van der Waals surface area contributed by atoms with Crippen LogP contribution in [0.25, 0.3) is 0 Å². The van der Waals surface area contributed by atoms with Gasteiger partial charge in [0.15, 0.2) is 0 Å². The number of hydrogen-bond donors (Lipinski definition) is 0. The Labute approximate surface area is 63.0 Å². The fourth-order valence-corrected chi connectivity index (χ4v) is 0.401. The van der Waals surface area contributed by atoms with Crippen LogP contribution in [0.3, 0.4) is 0 Å². The SMILES string of the molecule is C/C=C/C(C)(C)[O-].[Li+]. The van der Waals surface area contributed by atoms with Crippen molar-refractivity contribution in [1.29, 1.82) is 0 Å². The molecule has 0 N–H and O–H groups in total. The summed E-state index contributed by atoms with van der Waals surface area (Å²) in [6.45, 7) is 5.11. The molecule has 0 amide bonds. The van der Waals surface area contributed by atoms with Crippen LogP contribution in [0, 0.1) is 0 Å². The Bertz CT molecular complexity index is 71.1. The van der Waals surface area contributed by atoms with E-state index in [-0.39, 0.29) is 18.9 Å². The molecule has 1 nitrogen and oxygen atoms in total. The first kappa shape index (κ1) is 11.1. The van der Waals surface area contributed by atoms with E-state index in [1.54, 1.807) is 26.0 Å². The van der Waals surface area contributed by atoms with Gasteiger partial charge >= 0.3 is 18.9 Å². The van der Waals surface area contributed by atoms with E-state index in [1.165, 1.54) is 0 Å². The van der Waals surface area contributed by atoms with Crippen LogP contribution >= 0.6 is 0 Å². The molecule has 0 aromatic rings. The molecular weight excluding hydrogens is 95.0 g/mol. The van der Waals surface area contributed by atoms with Crippen LogP contribution < -0.4 is 24.0 Å². The third kappa shape index (κ3) is 9.57. The summed E-state index contributed by atoms with van der Waals surface area (Å²) in [5.74, 6) is 0. The third-order valence-corrected chi connectivity index (χ3v) is 0.568. The van der Waals surface area contributed by atoms with Gasteiger partial charge in [-0.1, -0.05) is 26.0 Å². The summed E-state index contributed by atoms with van der Waals surface area (Å²) in [6.07, 6.45) is 3.40. The minimum Gasteiger partial charge on any atom is -0.847 e. The molecule has 0 radical (unpaired) electrons. The molecule has 0 aliphatic rings. The van der Waals surface area contributed by atoms with Crippen LogP contribution in [0.5, 0.6) is 0 Å². The van der Waals surface area contributed by atoms with Crippen LogP contribution in [0.1, 0.15) is 20.8 Å². The van der Waals surface area contributed by atoms with Crippen molar-refractivity contribution in [1.82, 2.24) is 0 Å². The molecule has 0 saturated heterocycles. The molecule has 2 heteroatoms. The molecular formula is C6H11LiO. The third-order valence-electron chi connectivity index (χ3n) is 0.568. The second-order valence-corrected chi connectivity index (χ2v) is 2.10. The van der Waals surface area contributed by atoms with Gasteiger partial charge in [0.1, 0.15) is 0 Å². The zero-order chi connectivity index (χ0) is 5.91. The van der Waals surface area contributed by atoms with Crippen molar-refractivity contribution in [3.05, 3.63) is 12.2 Å². The summed E-state index contributed by atoms with van der Waals surface area (Å²) in [5, 5.41) is 10.6. The summed E-state index contributed by atoms with van der Waals surface area (Å²) >= 11 is 0. The minimum atomic E-state index is -0.880. The van der Waals surface area contributed by atoms with Gasteiger partial charge in [-0.3, -0.25) is 0 Å². The summed E-state index contributed by atoms with van der Waals surface area (Å²) in [7, 11) is 0. The molecule has 0 fully saturated rings. The predicted octanol–water partition coefficient (Wildman–Crippen LogP) is -2.29. The molecule has 8 heavy (non-hydrogen) atoms. The Kier molecular flexibility index (Phi) is 5.85. The van der Waals surface area contributed by atoms with E-state index >= 15 is 0 Å². The minimum absolute atomic E-state index is 0. The number of hydrogen-bond acceptors (Lipinski definition) is 1. The molecule has 0 spiro atoms. The molecule has 0 bridgehead atoms. The summed E-state index contributed by atoms with van der Waals surface area (Å²) in [4.78, 5) is 0. The van der Waals surface area contributed by atoms with Crippen molar-refractivity contribution in [3.63, 3.8) is 0 Å². The fraction of sp³-hybridized carbons (Fsp3) is 0.667. The van der Waals surface area contributed by atoms with Crippen LogP contribution in [0.15, 0.2) is 12.2 Å². The van der Waals surface area contributed by atoms with Gasteiger partial charge in [-0.2, -0.15) is 0 Å². The normalized spacial score (nSPS) is 11.5. The Morgan fingerprint density at radius 1 is 1.38 bits per heavy atom. The van der Waals surface area contributed by atoms with Gasteiger partial charge in [-0.15, -0.1) is 5.60 Å². The van der Waals surface area contributed by atoms with Gasteiger partial charge in [0.25, 0.3) is 0 Å². The van der Waals surface area contributed by atoms with Gasteiger partial charge in [-0.25, -0.2) is 0 Å². The smallest absolute Gasteiger partial charge is 0.847 e. The molecule has 0 heterocycles. The topological polar surface area (TPSA) is 23.1 Å². The van der Waals surface area contributed by atoms with E-state index in [0.717, 1.165) is 0 Å². The van der Waals surface area contributed by atoms with E-state index in [4.69, 9.17) is 0 Å². The van der Waals surface area contributed by atoms with Gasteiger partial charge in [0.2, 0.25) is 0 Å². The first-order valence-electron chi connectivity index (χ1n) is 2.40. The zero-order valence-corrected chi connectivity index (χ0v) is 6.06. The Morgan fingerprint density at radius 2 is 1.75 bits per heavy atom. The average Bonchev–Trinajstić information content (AvgIpc) is 1.30. The maximum Gasteiger partial charge on any atom is 1.00 e. The Balaban J connectivity index is 0. The first-order chi connectivity index (χ1) is 3.06. The average molecular weight is 106 g/mol. The number of rotatable bonds is 1. The van der Waals surface area contributed by atoms with Crippen molar-refractivity contribution >= 4 is 0 Å². The second kappa shape index (κ2) is 4.20. The summed E-state index contributed by atoms with van der Waals surface area (Å²) < 4.78 is 0. The molecule has 0 aliphatic heterocycles.